The van der Waals surface area contributed by atoms with Gasteiger partial charge in [0.1, 0.15) is 5.82 Å². The monoisotopic (exact) mass is 302 g/mol. The SMILES string of the molecule is O=C(O)c1ccc(F)c(S(=O)CC(F)(F)C(F)F)c1. The summed E-state index contributed by atoms with van der Waals surface area (Å²) in [5, 5.41) is 8.61. The van der Waals surface area contributed by atoms with Crippen LogP contribution in [0, 0.1) is 5.82 Å². The topological polar surface area (TPSA) is 54.4 Å². The zero-order valence-electron chi connectivity index (χ0n) is 9.08. The lowest BCUT2D eigenvalue weighted by Crippen LogP contribution is -2.33. The van der Waals surface area contributed by atoms with Gasteiger partial charge in [0, 0.05) is 0 Å². The predicted molar refractivity (Wildman–Crippen MR) is 55.6 cm³/mol. The molecule has 0 aliphatic carbocycles. The van der Waals surface area contributed by atoms with Crippen molar-refractivity contribution in [2.24, 2.45) is 0 Å². The first kappa shape index (κ1) is 15.5. The summed E-state index contributed by atoms with van der Waals surface area (Å²) in [6.07, 6.45) is -4.04. The molecule has 19 heavy (non-hydrogen) atoms. The van der Waals surface area contributed by atoms with Gasteiger partial charge in [0.15, 0.2) is 0 Å². The summed E-state index contributed by atoms with van der Waals surface area (Å²) >= 11 is 0. The van der Waals surface area contributed by atoms with E-state index in [-0.39, 0.29) is 0 Å². The number of alkyl halides is 4. The van der Waals surface area contributed by atoms with E-state index in [1.54, 1.807) is 0 Å². The molecule has 1 aromatic carbocycles. The van der Waals surface area contributed by atoms with Crippen LogP contribution in [0.1, 0.15) is 10.4 Å². The quantitative estimate of drug-likeness (QED) is 0.850. The van der Waals surface area contributed by atoms with Crippen LogP contribution in [-0.4, -0.2) is 33.4 Å². The van der Waals surface area contributed by atoms with E-state index in [9.17, 15) is 31.0 Å². The first-order chi connectivity index (χ1) is 8.65. The summed E-state index contributed by atoms with van der Waals surface area (Å²) in [5.74, 6) is -9.02. The Hall–Kier alpha value is -1.51. The third-order valence-corrected chi connectivity index (χ3v) is 3.52. The normalized spacial score (nSPS) is 13.6. The molecule has 3 nitrogen and oxygen atoms in total. The summed E-state index contributed by atoms with van der Waals surface area (Å²) in [6.45, 7) is 0. The van der Waals surface area contributed by atoms with Crippen molar-refractivity contribution in [3.63, 3.8) is 0 Å². The molecule has 106 valence electrons. The van der Waals surface area contributed by atoms with E-state index >= 15 is 0 Å². The number of aromatic carboxylic acids is 1. The third-order valence-electron chi connectivity index (χ3n) is 2.07. The fourth-order valence-corrected chi connectivity index (χ4v) is 2.30. The smallest absolute Gasteiger partial charge is 0.335 e. The van der Waals surface area contributed by atoms with Gasteiger partial charge in [-0.05, 0) is 18.2 Å². The van der Waals surface area contributed by atoms with Crippen molar-refractivity contribution in [1.29, 1.82) is 0 Å². The van der Waals surface area contributed by atoms with Crippen molar-refractivity contribution in [3.05, 3.63) is 29.6 Å². The van der Waals surface area contributed by atoms with E-state index in [0.717, 1.165) is 6.07 Å². The average Bonchev–Trinajstić information content (AvgIpc) is 2.28. The van der Waals surface area contributed by atoms with Crippen molar-refractivity contribution in [1.82, 2.24) is 0 Å². The van der Waals surface area contributed by atoms with E-state index in [4.69, 9.17) is 5.11 Å². The lowest BCUT2D eigenvalue weighted by atomic mass is 10.2. The Morgan fingerprint density at radius 1 is 1.37 bits per heavy atom. The highest BCUT2D eigenvalue weighted by atomic mass is 32.2. The molecule has 1 N–H and O–H groups in total. The standard InChI is InChI=1S/C10H7F5O3S/c11-6-2-1-5(8(16)17)3-7(6)19(18)4-10(14,15)9(12)13/h1-3,9H,4H2,(H,16,17). The summed E-state index contributed by atoms with van der Waals surface area (Å²) in [4.78, 5) is 9.74. The van der Waals surface area contributed by atoms with Gasteiger partial charge in [-0.3, -0.25) is 4.21 Å². The molecule has 0 amide bonds. The van der Waals surface area contributed by atoms with Crippen LogP contribution in [0.3, 0.4) is 0 Å². The molecule has 1 rings (SSSR count). The molecule has 0 fully saturated rings. The van der Waals surface area contributed by atoms with Crippen LogP contribution in [0.15, 0.2) is 23.1 Å². The van der Waals surface area contributed by atoms with Gasteiger partial charge in [-0.2, -0.15) is 8.78 Å². The fraction of sp³-hybridized carbons (Fsp3) is 0.300. The maximum Gasteiger partial charge on any atom is 0.335 e. The lowest BCUT2D eigenvalue weighted by molar-refractivity contribution is -0.110. The summed E-state index contributed by atoms with van der Waals surface area (Å²) in [7, 11) is -2.78. The van der Waals surface area contributed by atoms with Crippen LogP contribution in [0.2, 0.25) is 0 Å². The number of carbonyl (C=O) groups is 1. The zero-order valence-corrected chi connectivity index (χ0v) is 9.89. The van der Waals surface area contributed by atoms with Crippen LogP contribution in [0.25, 0.3) is 0 Å². The Morgan fingerprint density at radius 3 is 2.42 bits per heavy atom. The van der Waals surface area contributed by atoms with Gasteiger partial charge in [-0.25, -0.2) is 18.0 Å². The van der Waals surface area contributed by atoms with Gasteiger partial charge in [0.25, 0.3) is 0 Å². The lowest BCUT2D eigenvalue weighted by Gasteiger charge is -2.14. The number of carboxylic acid groups (broad SMARTS) is 1. The first-order valence-corrected chi connectivity index (χ1v) is 6.04. The van der Waals surface area contributed by atoms with E-state index in [1.165, 1.54) is 0 Å². The van der Waals surface area contributed by atoms with Gasteiger partial charge in [0.2, 0.25) is 0 Å². The van der Waals surface area contributed by atoms with E-state index in [2.05, 4.69) is 0 Å². The molecule has 0 spiro atoms. The van der Waals surface area contributed by atoms with Crippen molar-refractivity contribution < 1.29 is 36.1 Å². The molecule has 0 aliphatic rings. The number of carboxylic acids is 1. The van der Waals surface area contributed by atoms with Crippen molar-refractivity contribution in [2.75, 3.05) is 5.75 Å². The molecule has 0 heterocycles. The molecule has 0 aromatic heterocycles. The van der Waals surface area contributed by atoms with Gasteiger partial charge >= 0.3 is 18.3 Å². The van der Waals surface area contributed by atoms with Gasteiger partial charge in [-0.1, -0.05) is 0 Å². The molecule has 0 aliphatic heterocycles. The number of hydrogen-bond donors (Lipinski definition) is 1. The second-order valence-corrected chi connectivity index (χ2v) is 4.92. The van der Waals surface area contributed by atoms with Crippen LogP contribution in [0.5, 0.6) is 0 Å². The molecule has 1 atom stereocenters. The summed E-state index contributed by atoms with van der Waals surface area (Å²) in [6, 6.07) is 2.04. The Labute approximate surface area is 106 Å². The molecular formula is C10H7F5O3S. The maximum absolute atomic E-state index is 13.2. The van der Waals surface area contributed by atoms with Crippen molar-refractivity contribution >= 4 is 16.8 Å². The predicted octanol–water partition coefficient (Wildman–Crippen LogP) is 2.53. The van der Waals surface area contributed by atoms with E-state index in [0.29, 0.717) is 12.1 Å². The van der Waals surface area contributed by atoms with Crippen LogP contribution < -0.4 is 0 Å². The van der Waals surface area contributed by atoms with Crippen LogP contribution >= 0.6 is 0 Å². The van der Waals surface area contributed by atoms with E-state index < -0.39 is 51.1 Å². The number of rotatable bonds is 5. The Bertz CT molecular complexity index is 518. The highest BCUT2D eigenvalue weighted by Crippen LogP contribution is 2.26. The Balaban J connectivity index is 3.06. The molecule has 0 radical (unpaired) electrons. The highest BCUT2D eigenvalue weighted by molar-refractivity contribution is 7.85. The third kappa shape index (κ3) is 3.72. The second kappa shape index (κ2) is 5.64. The number of benzene rings is 1. The molecule has 0 bridgehead atoms. The van der Waals surface area contributed by atoms with Gasteiger partial charge in [0.05, 0.1) is 27.0 Å². The number of halogens is 5. The second-order valence-electron chi connectivity index (χ2n) is 3.50. The average molecular weight is 302 g/mol. The molecule has 9 heteroatoms. The minimum Gasteiger partial charge on any atom is -0.478 e. The molecule has 0 saturated carbocycles. The minimum absolute atomic E-state index is 0.481. The molecule has 1 unspecified atom stereocenters. The van der Waals surface area contributed by atoms with Crippen molar-refractivity contribution in [3.8, 4) is 0 Å². The van der Waals surface area contributed by atoms with Crippen molar-refractivity contribution in [2.45, 2.75) is 17.2 Å². The van der Waals surface area contributed by atoms with E-state index in [1.807, 2.05) is 0 Å². The Kier molecular flexibility index (Phi) is 4.61. The maximum atomic E-state index is 13.2. The highest BCUT2D eigenvalue weighted by Gasteiger charge is 2.43. The molecule has 0 saturated heterocycles. The summed E-state index contributed by atoms with van der Waals surface area (Å²) in [5.41, 5.74) is -0.481. The molecular weight excluding hydrogens is 295 g/mol. The largest absolute Gasteiger partial charge is 0.478 e. The van der Waals surface area contributed by atoms with Crippen LogP contribution in [0.4, 0.5) is 22.0 Å². The zero-order chi connectivity index (χ0) is 14.8. The van der Waals surface area contributed by atoms with Crippen LogP contribution in [-0.2, 0) is 10.8 Å². The Morgan fingerprint density at radius 2 is 1.95 bits per heavy atom. The minimum atomic E-state index is -4.55. The van der Waals surface area contributed by atoms with Gasteiger partial charge < -0.3 is 5.11 Å². The number of hydrogen-bond acceptors (Lipinski definition) is 2. The van der Waals surface area contributed by atoms with Gasteiger partial charge in [-0.15, -0.1) is 0 Å². The fourth-order valence-electron chi connectivity index (χ4n) is 1.13. The summed E-state index contributed by atoms with van der Waals surface area (Å²) < 4.78 is 73.9. The molecule has 1 aromatic rings. The first-order valence-electron chi connectivity index (χ1n) is 4.72.